The number of carbonyl (C=O) groups is 10. The molecule has 2 aromatic heterocycles. The fraction of sp³-hybridized carbons (Fsp3) is 0.677. The summed E-state index contributed by atoms with van der Waals surface area (Å²) >= 11 is 0. The number of hydrogen-bond acceptors (Lipinski definition) is 27. The minimum Gasteiger partial charge on any atom is -0.500 e. The number of pyridine rings is 2. The Bertz CT molecular complexity index is 2400. The van der Waals surface area contributed by atoms with Crippen molar-refractivity contribution in [3.8, 4) is 0 Å². The van der Waals surface area contributed by atoms with Crippen molar-refractivity contribution in [2.75, 3.05) is 132 Å². The van der Waals surface area contributed by atoms with Crippen LogP contribution in [0.1, 0.15) is 154 Å². The van der Waals surface area contributed by atoms with Crippen molar-refractivity contribution in [1.29, 1.82) is 0 Å². The van der Waals surface area contributed by atoms with Crippen LogP contribution in [0.15, 0.2) is 36.7 Å². The van der Waals surface area contributed by atoms with Gasteiger partial charge >= 0.3 is 43.5 Å². The number of carboxylic acid groups (broad SMARTS) is 1. The Hall–Kier alpha value is -7.02. The molecule has 3 fully saturated rings. The van der Waals surface area contributed by atoms with Crippen LogP contribution in [0.25, 0.3) is 0 Å². The molecule has 513 valence electrons. The first-order valence-electron chi connectivity index (χ1n) is 30.0. The minimum atomic E-state index is -0.833. The number of hydrogen-bond donors (Lipinski definition) is 2. The van der Waals surface area contributed by atoms with Crippen molar-refractivity contribution in [3.05, 3.63) is 59.2 Å². The lowest BCUT2D eigenvalue weighted by Gasteiger charge is -2.27. The largest absolute Gasteiger partial charge is 0.662 e. The Morgan fingerprint density at radius 2 is 0.835 bits per heavy atom. The van der Waals surface area contributed by atoms with Crippen molar-refractivity contribution in [3.63, 3.8) is 0 Å². The lowest BCUT2D eigenvalue weighted by atomic mass is 10.2. The Morgan fingerprint density at radius 3 is 1.09 bits per heavy atom. The van der Waals surface area contributed by atoms with Crippen LogP contribution in [0.3, 0.4) is 0 Å². The fourth-order valence-corrected chi connectivity index (χ4v) is 7.67. The van der Waals surface area contributed by atoms with Gasteiger partial charge in [0.25, 0.3) is 17.9 Å². The highest BCUT2D eigenvalue weighted by Crippen LogP contribution is 2.14. The van der Waals surface area contributed by atoms with Gasteiger partial charge in [-0.2, -0.15) is 0 Å². The summed E-state index contributed by atoms with van der Waals surface area (Å²) in [6.45, 7) is 37.9. The Labute approximate surface area is 538 Å². The van der Waals surface area contributed by atoms with Gasteiger partial charge < -0.3 is 52.9 Å². The summed E-state index contributed by atoms with van der Waals surface area (Å²) in [5, 5.41) is 10.8. The van der Waals surface area contributed by atoms with Crippen molar-refractivity contribution in [1.82, 2.24) is 39.8 Å². The molecular weight excluding hydrogens is 1190 g/mol. The van der Waals surface area contributed by atoms with Crippen LogP contribution in [-0.2, 0) is 82.6 Å². The second-order valence-electron chi connectivity index (χ2n) is 24.7. The van der Waals surface area contributed by atoms with Gasteiger partial charge in [-0.1, -0.05) is 0 Å². The molecule has 5 rings (SSSR count). The highest BCUT2D eigenvalue weighted by Gasteiger charge is 2.26. The summed E-state index contributed by atoms with van der Waals surface area (Å²) in [6, 6.07) is 6.46. The van der Waals surface area contributed by atoms with Crippen molar-refractivity contribution in [2.24, 2.45) is 0 Å². The van der Waals surface area contributed by atoms with E-state index in [9.17, 15) is 43.2 Å². The molecule has 2 N–H and O–H groups in total. The Morgan fingerprint density at radius 1 is 0.516 bits per heavy atom. The molecule has 3 aliphatic rings. The molecule has 91 heavy (non-hydrogen) atoms. The van der Waals surface area contributed by atoms with E-state index >= 15 is 0 Å². The van der Waals surface area contributed by atoms with Crippen molar-refractivity contribution < 1.29 is 95.5 Å². The van der Waals surface area contributed by atoms with Gasteiger partial charge in [-0.25, -0.2) is 9.59 Å². The van der Waals surface area contributed by atoms with Crippen LogP contribution in [0.5, 0.6) is 0 Å². The van der Waals surface area contributed by atoms with Crippen LogP contribution in [0, 0.1) is 0 Å². The van der Waals surface area contributed by atoms with Crippen LogP contribution in [-0.4, -0.2) is 262 Å². The van der Waals surface area contributed by atoms with Gasteiger partial charge in [-0.15, -0.1) is 0 Å². The van der Waals surface area contributed by atoms with Gasteiger partial charge in [-0.05, 0) is 120 Å². The molecule has 1 radical (unpaired) electrons. The van der Waals surface area contributed by atoms with Gasteiger partial charge in [0.2, 0.25) is 0 Å². The number of aliphatic carboxylic acids is 1. The lowest BCUT2D eigenvalue weighted by Crippen LogP contribution is -2.42. The smallest absolute Gasteiger partial charge is 0.500 e. The average Bonchev–Trinajstić information content (AvgIpc) is 2.61. The molecule has 0 unspecified atom stereocenters. The Balaban J connectivity index is 0.00000125. The first kappa shape index (κ1) is 84.0. The van der Waals surface area contributed by atoms with E-state index in [1.165, 1.54) is 65.4 Å². The SMILES string of the molecule is C1CCOC1.CC(=O)O.CC(=O)O[B]OC(C)=O.CC(C)(C)OC(=O)CN1CCNCCN(CC(=O)OC(C)(C)C)CC1.COC(=O)c1ccc(C=O)nc1.COC(=O)c1ccc(CN2CCN(CC(=O)OC(C)(C)C)CCN(CC(=O)OC(C)(C)C)CC2)nc1. The molecule has 2 aromatic rings. The van der Waals surface area contributed by atoms with E-state index in [0.717, 1.165) is 52.0 Å². The molecule has 0 spiro atoms. The third-order valence-corrected chi connectivity index (χ3v) is 11.4. The van der Waals surface area contributed by atoms with Crippen LogP contribution in [0.2, 0.25) is 0 Å². The zero-order valence-electron chi connectivity index (χ0n) is 56.8. The number of methoxy groups -OCH3 is 2. The monoisotopic (exact) mass is 1290 g/mol. The molecule has 0 amide bonds. The van der Waals surface area contributed by atoms with E-state index in [1.807, 2.05) is 89.2 Å². The molecular formula is C62H102BN8O20. The van der Waals surface area contributed by atoms with Gasteiger partial charge in [0.05, 0.1) is 57.2 Å². The van der Waals surface area contributed by atoms with Crippen molar-refractivity contribution >= 4 is 67.7 Å². The number of ether oxygens (including phenoxy) is 7. The number of rotatable bonds is 15. The Kier molecular flexibility index (Phi) is 41.0. The first-order chi connectivity index (χ1) is 42.3. The van der Waals surface area contributed by atoms with E-state index < -0.39 is 52.3 Å². The summed E-state index contributed by atoms with van der Waals surface area (Å²) < 4.78 is 44.3. The molecule has 5 heterocycles. The van der Waals surface area contributed by atoms with Crippen molar-refractivity contribution in [2.45, 2.75) is 146 Å². The summed E-state index contributed by atoms with van der Waals surface area (Å²) in [6.07, 6.45) is 5.98. The third-order valence-electron chi connectivity index (χ3n) is 11.4. The van der Waals surface area contributed by atoms with E-state index in [4.69, 9.17) is 38.3 Å². The number of nitrogens with one attached hydrogen (secondary N) is 1. The summed E-state index contributed by atoms with van der Waals surface area (Å²) in [5.41, 5.74) is -0.195. The second-order valence-corrected chi connectivity index (χ2v) is 24.7. The van der Waals surface area contributed by atoms with E-state index in [0.29, 0.717) is 89.7 Å². The van der Waals surface area contributed by atoms with Gasteiger partial charge in [-0.3, -0.25) is 72.8 Å². The van der Waals surface area contributed by atoms with Gasteiger partial charge in [0, 0.05) is 131 Å². The molecule has 29 heteroatoms. The molecule has 0 atom stereocenters. The number of esters is 6. The van der Waals surface area contributed by atoms with Crippen LogP contribution < -0.4 is 5.32 Å². The van der Waals surface area contributed by atoms with Crippen LogP contribution >= 0.6 is 0 Å². The van der Waals surface area contributed by atoms with Gasteiger partial charge in [0.1, 0.15) is 28.1 Å². The lowest BCUT2D eigenvalue weighted by molar-refractivity contribution is -0.158. The maximum absolute atomic E-state index is 12.5. The fourth-order valence-electron chi connectivity index (χ4n) is 7.67. The number of aromatic nitrogens is 2. The summed E-state index contributed by atoms with van der Waals surface area (Å²) in [7, 11) is 3.33. The van der Waals surface area contributed by atoms with Gasteiger partial charge in [0.15, 0.2) is 6.29 Å². The molecule has 3 saturated heterocycles. The van der Waals surface area contributed by atoms with E-state index in [-0.39, 0.29) is 50.1 Å². The van der Waals surface area contributed by atoms with E-state index in [1.54, 1.807) is 6.07 Å². The minimum absolute atomic E-state index is 0.178. The predicted molar refractivity (Wildman–Crippen MR) is 336 cm³/mol. The standard InChI is InChI=1S/C26H42N4O6.C18H35N3O4.C8H7NO3.C4H6BO4.C4H8O.C2H4O2/c1-25(2,3)35-22(31)18-29-12-10-28(17-21-9-8-20(16-27-21)24(33)34-7)11-13-30(15-14-29)19-23(32)36-26(4,5)6;1-17(2,3)24-15(22)13-20-9-7-19-8-10-21(12-11-20)14-16(23)25-18(4,5)6;1-12-8(11)6-2-3-7(5-10)9-4-6;1-3(6)8-5-9-4(2)7;1-2-4-5-3-1;1-2(3)4/h8-9,16H,10-15,17-19H2,1-7H3;19H,7-14H2,1-6H3;2-5H,1H3;1-2H3;1-4H2;1H3,(H,3,4). The molecule has 0 aromatic carbocycles. The number of aldehydes is 1. The highest BCUT2D eigenvalue weighted by molar-refractivity contribution is 6.25. The average molecular weight is 1290 g/mol. The molecule has 0 saturated carbocycles. The molecule has 3 aliphatic heterocycles. The zero-order valence-corrected chi connectivity index (χ0v) is 56.8. The topological polar surface area (TPSA) is 328 Å². The zero-order chi connectivity index (χ0) is 69.4. The number of carbonyl (C=O) groups excluding carboxylic acids is 9. The molecule has 0 aliphatic carbocycles. The maximum atomic E-state index is 12.5. The molecule has 0 bridgehead atoms. The normalized spacial score (nSPS) is 15.4. The molecule has 28 nitrogen and oxygen atoms in total. The third kappa shape index (κ3) is 48.5. The highest BCUT2D eigenvalue weighted by atomic mass is 16.6. The maximum Gasteiger partial charge on any atom is 0.662 e. The predicted octanol–water partition coefficient (Wildman–Crippen LogP) is 4.06. The first-order valence-corrected chi connectivity index (χ1v) is 30.0. The second kappa shape index (κ2) is 44.5. The van der Waals surface area contributed by atoms with E-state index in [2.05, 4.69) is 53.8 Å². The quantitative estimate of drug-likeness (QED) is 0.110. The number of nitrogens with zero attached hydrogens (tertiary/aromatic N) is 7. The van der Waals surface area contributed by atoms with Crippen LogP contribution in [0.4, 0.5) is 0 Å². The summed E-state index contributed by atoms with van der Waals surface area (Å²) in [5.74, 6) is -3.73. The summed E-state index contributed by atoms with van der Waals surface area (Å²) in [4.78, 5) is 129. The number of carboxylic acids is 1.